The van der Waals surface area contributed by atoms with Gasteiger partial charge in [-0.2, -0.15) is 0 Å². The van der Waals surface area contributed by atoms with E-state index in [1.165, 1.54) is 0 Å². The molecular formula is C10H21NO2. The lowest BCUT2D eigenvalue weighted by Gasteiger charge is -2.36. The number of hydrogen-bond acceptors (Lipinski definition) is 3. The lowest BCUT2D eigenvalue weighted by atomic mass is 9.89. The van der Waals surface area contributed by atoms with Gasteiger partial charge in [-0.05, 0) is 33.6 Å². The normalized spacial score (nSPS) is 28.6. The van der Waals surface area contributed by atoms with Gasteiger partial charge in [0.1, 0.15) is 0 Å². The van der Waals surface area contributed by atoms with Crippen LogP contribution in [0.25, 0.3) is 0 Å². The summed E-state index contributed by atoms with van der Waals surface area (Å²) in [6.45, 7) is 7.13. The van der Waals surface area contributed by atoms with E-state index in [4.69, 9.17) is 4.74 Å². The van der Waals surface area contributed by atoms with E-state index in [9.17, 15) is 5.11 Å². The molecule has 0 aliphatic heterocycles. The maximum Gasteiger partial charge on any atom is 0.0715 e. The van der Waals surface area contributed by atoms with Crippen LogP contribution in [0.5, 0.6) is 0 Å². The zero-order valence-electron chi connectivity index (χ0n) is 8.84. The first-order chi connectivity index (χ1) is 6.01. The van der Waals surface area contributed by atoms with Gasteiger partial charge in [0.25, 0.3) is 0 Å². The van der Waals surface area contributed by atoms with Crippen molar-refractivity contribution in [3.63, 3.8) is 0 Å². The summed E-state index contributed by atoms with van der Waals surface area (Å²) in [5.41, 5.74) is -0.600. The maximum atomic E-state index is 9.46. The molecule has 0 aromatic rings. The number of hydrogen-bond donors (Lipinski definition) is 2. The Kier molecular flexibility index (Phi) is 3.71. The van der Waals surface area contributed by atoms with Crippen molar-refractivity contribution in [2.45, 2.75) is 51.4 Å². The third-order valence-corrected chi connectivity index (χ3v) is 2.32. The maximum absolute atomic E-state index is 9.46. The molecule has 0 amide bonds. The minimum Gasteiger partial charge on any atom is -0.389 e. The molecule has 3 nitrogen and oxygen atoms in total. The zero-order chi connectivity index (χ0) is 9.90. The highest BCUT2D eigenvalue weighted by atomic mass is 16.5. The van der Waals surface area contributed by atoms with Crippen LogP contribution in [-0.4, -0.2) is 36.0 Å². The van der Waals surface area contributed by atoms with E-state index in [1.54, 1.807) is 0 Å². The average molecular weight is 187 g/mol. The molecule has 1 rings (SSSR count). The van der Waals surface area contributed by atoms with E-state index in [0.29, 0.717) is 18.7 Å². The molecule has 78 valence electrons. The molecule has 0 aromatic heterocycles. The van der Waals surface area contributed by atoms with E-state index < -0.39 is 5.60 Å². The van der Waals surface area contributed by atoms with Gasteiger partial charge in [-0.25, -0.2) is 0 Å². The largest absolute Gasteiger partial charge is 0.389 e. The summed E-state index contributed by atoms with van der Waals surface area (Å²) in [4.78, 5) is 0. The van der Waals surface area contributed by atoms with E-state index in [1.807, 2.05) is 20.8 Å². The van der Waals surface area contributed by atoms with Crippen molar-refractivity contribution < 1.29 is 9.84 Å². The number of aliphatic hydroxyl groups is 1. The molecule has 1 fully saturated rings. The van der Waals surface area contributed by atoms with Crippen molar-refractivity contribution in [2.24, 2.45) is 0 Å². The minimum absolute atomic E-state index is 0.448. The zero-order valence-corrected chi connectivity index (χ0v) is 8.84. The highest BCUT2D eigenvalue weighted by Crippen LogP contribution is 2.23. The summed E-state index contributed by atoms with van der Waals surface area (Å²) in [5, 5.41) is 12.8. The summed E-state index contributed by atoms with van der Waals surface area (Å²) < 4.78 is 5.44. The summed E-state index contributed by atoms with van der Waals surface area (Å²) in [7, 11) is 0. The monoisotopic (exact) mass is 187 g/mol. The number of rotatable bonds is 5. The molecule has 3 heteroatoms. The van der Waals surface area contributed by atoms with Crippen LogP contribution < -0.4 is 5.32 Å². The Hall–Kier alpha value is -0.120. The van der Waals surface area contributed by atoms with Gasteiger partial charge < -0.3 is 15.2 Å². The van der Waals surface area contributed by atoms with Crippen LogP contribution in [0, 0.1) is 0 Å². The Morgan fingerprint density at radius 1 is 1.46 bits per heavy atom. The van der Waals surface area contributed by atoms with Crippen LogP contribution >= 0.6 is 0 Å². The highest BCUT2D eigenvalue weighted by Gasteiger charge is 2.30. The molecule has 1 aliphatic rings. The van der Waals surface area contributed by atoms with Crippen molar-refractivity contribution in [1.82, 2.24) is 5.32 Å². The molecule has 0 saturated heterocycles. The second kappa shape index (κ2) is 4.40. The van der Waals surface area contributed by atoms with Crippen molar-refractivity contribution >= 4 is 0 Å². The van der Waals surface area contributed by atoms with E-state index >= 15 is 0 Å². The van der Waals surface area contributed by atoms with Crippen molar-refractivity contribution in [1.29, 1.82) is 0 Å². The van der Waals surface area contributed by atoms with Crippen LogP contribution in [0.4, 0.5) is 0 Å². The van der Waals surface area contributed by atoms with Crippen molar-refractivity contribution in [2.75, 3.05) is 13.2 Å². The fourth-order valence-electron chi connectivity index (χ4n) is 1.50. The Labute approximate surface area is 80.5 Å². The van der Waals surface area contributed by atoms with Crippen LogP contribution in [-0.2, 0) is 4.74 Å². The molecule has 1 saturated carbocycles. The summed E-state index contributed by atoms with van der Waals surface area (Å²) in [6.07, 6.45) is 2.62. The highest BCUT2D eigenvalue weighted by molar-refractivity contribution is 4.87. The predicted octanol–water partition coefficient (Wildman–Crippen LogP) is 0.914. The third kappa shape index (κ3) is 4.07. The molecular weight excluding hydrogens is 166 g/mol. The van der Waals surface area contributed by atoms with Crippen LogP contribution in [0.1, 0.15) is 33.6 Å². The first-order valence-corrected chi connectivity index (χ1v) is 5.08. The van der Waals surface area contributed by atoms with E-state index in [2.05, 4.69) is 5.32 Å². The molecule has 0 unspecified atom stereocenters. The molecule has 2 N–H and O–H groups in total. The third-order valence-electron chi connectivity index (χ3n) is 2.32. The Morgan fingerprint density at radius 3 is 2.54 bits per heavy atom. The smallest absolute Gasteiger partial charge is 0.0715 e. The van der Waals surface area contributed by atoms with Crippen molar-refractivity contribution in [3.8, 4) is 0 Å². The standard InChI is InChI=1S/C10H21NO2/c1-4-13-9-5-8(6-9)11-7-10(2,3)12/h8-9,11-12H,4-7H2,1-3H3. The summed E-state index contributed by atoms with van der Waals surface area (Å²) in [6, 6.07) is 0.544. The number of ether oxygens (including phenoxy) is 1. The molecule has 0 atom stereocenters. The van der Waals surface area contributed by atoms with E-state index in [-0.39, 0.29) is 0 Å². The van der Waals surface area contributed by atoms with Gasteiger partial charge in [-0.3, -0.25) is 0 Å². The lowest BCUT2D eigenvalue weighted by molar-refractivity contribution is -0.0165. The van der Waals surface area contributed by atoms with Gasteiger partial charge in [0.2, 0.25) is 0 Å². The fourth-order valence-corrected chi connectivity index (χ4v) is 1.50. The SMILES string of the molecule is CCOC1CC(NCC(C)(C)O)C1. The quantitative estimate of drug-likeness (QED) is 0.672. The van der Waals surface area contributed by atoms with Crippen LogP contribution in [0.2, 0.25) is 0 Å². The second-order valence-corrected chi connectivity index (χ2v) is 4.44. The Balaban J connectivity index is 2.02. The first kappa shape index (κ1) is 11.0. The van der Waals surface area contributed by atoms with Gasteiger partial charge in [0, 0.05) is 19.2 Å². The Bertz CT molecular complexity index is 147. The minimum atomic E-state index is -0.600. The van der Waals surface area contributed by atoms with Crippen LogP contribution in [0.15, 0.2) is 0 Å². The van der Waals surface area contributed by atoms with Gasteiger partial charge >= 0.3 is 0 Å². The Morgan fingerprint density at radius 2 is 2.08 bits per heavy atom. The molecule has 0 aromatic carbocycles. The molecule has 0 bridgehead atoms. The van der Waals surface area contributed by atoms with Crippen molar-refractivity contribution in [3.05, 3.63) is 0 Å². The van der Waals surface area contributed by atoms with E-state index in [0.717, 1.165) is 19.4 Å². The second-order valence-electron chi connectivity index (χ2n) is 4.44. The fraction of sp³-hybridized carbons (Fsp3) is 1.00. The van der Waals surface area contributed by atoms with Gasteiger partial charge in [-0.1, -0.05) is 0 Å². The van der Waals surface area contributed by atoms with Gasteiger partial charge in [0.05, 0.1) is 11.7 Å². The summed E-state index contributed by atoms with van der Waals surface area (Å²) >= 11 is 0. The summed E-state index contributed by atoms with van der Waals surface area (Å²) in [5.74, 6) is 0. The van der Waals surface area contributed by atoms with Gasteiger partial charge in [0.15, 0.2) is 0 Å². The molecule has 0 heterocycles. The molecule has 1 aliphatic carbocycles. The molecule has 13 heavy (non-hydrogen) atoms. The van der Waals surface area contributed by atoms with Crippen LogP contribution in [0.3, 0.4) is 0 Å². The average Bonchev–Trinajstić information content (AvgIpc) is 1.91. The molecule has 0 radical (unpaired) electrons. The first-order valence-electron chi connectivity index (χ1n) is 5.08. The molecule has 0 spiro atoms. The predicted molar refractivity (Wildman–Crippen MR) is 52.7 cm³/mol. The number of nitrogens with one attached hydrogen (secondary N) is 1. The lowest BCUT2D eigenvalue weighted by Crippen LogP contribution is -2.49. The van der Waals surface area contributed by atoms with Gasteiger partial charge in [-0.15, -0.1) is 0 Å². The topological polar surface area (TPSA) is 41.5 Å².